The molecule has 0 bridgehead atoms. The van der Waals surface area contributed by atoms with Gasteiger partial charge in [-0.1, -0.05) is 20.8 Å². The second kappa shape index (κ2) is 11.7. The van der Waals surface area contributed by atoms with Gasteiger partial charge in [-0.05, 0) is 69.1 Å². The zero-order valence-corrected chi connectivity index (χ0v) is 25.6. The van der Waals surface area contributed by atoms with Crippen molar-refractivity contribution < 1.29 is 28.3 Å². The predicted molar refractivity (Wildman–Crippen MR) is 152 cm³/mol. The number of ether oxygens (including phenoxy) is 1. The molecule has 0 saturated carbocycles. The first kappa shape index (κ1) is 30.6. The maximum atomic E-state index is 13.3. The lowest BCUT2D eigenvalue weighted by Crippen LogP contribution is -2.52. The van der Waals surface area contributed by atoms with Crippen LogP contribution >= 0.6 is 0 Å². The lowest BCUT2D eigenvalue weighted by atomic mass is 10.0. The number of nitrogens with one attached hydrogen (secondary N) is 2. The van der Waals surface area contributed by atoms with Crippen molar-refractivity contribution in [2.75, 3.05) is 31.1 Å². The minimum atomic E-state index is -2.11. The van der Waals surface area contributed by atoms with Crippen molar-refractivity contribution in [3.8, 4) is 0 Å². The van der Waals surface area contributed by atoms with Gasteiger partial charge >= 0.3 is 6.09 Å². The molecule has 2 aliphatic heterocycles. The molecule has 11 heteroatoms. The van der Waals surface area contributed by atoms with E-state index in [1.165, 1.54) is 0 Å². The highest BCUT2D eigenvalue weighted by Gasteiger charge is 2.37. The number of amides is 4. The Kier molecular flexibility index (Phi) is 9.16. The molecule has 4 amide bonds. The first-order chi connectivity index (χ1) is 18.0. The van der Waals surface area contributed by atoms with E-state index in [0.29, 0.717) is 31.7 Å². The van der Waals surface area contributed by atoms with Crippen molar-refractivity contribution in [2.24, 2.45) is 0 Å². The fourth-order valence-electron chi connectivity index (χ4n) is 4.13. The largest absolute Gasteiger partial charge is 0.444 e. The molecule has 0 aromatic heterocycles. The molecule has 3 rings (SSSR count). The van der Waals surface area contributed by atoms with Gasteiger partial charge in [-0.2, -0.15) is 0 Å². The zero-order valence-electron chi connectivity index (χ0n) is 24.6. The molecular weight excluding hydrogens is 516 g/mol. The Hall–Kier alpha value is -2.92. The van der Waals surface area contributed by atoms with Crippen LogP contribution in [0.3, 0.4) is 0 Å². The highest BCUT2D eigenvalue weighted by atomic mass is 28.4. The molecule has 10 nitrogen and oxygen atoms in total. The van der Waals surface area contributed by atoms with Crippen LogP contribution in [-0.2, 0) is 25.4 Å². The highest BCUT2D eigenvalue weighted by molar-refractivity contribution is 6.74. The lowest BCUT2D eigenvalue weighted by molar-refractivity contribution is -0.134. The fraction of sp³-hybridized carbons (Fsp3) is 0.643. The maximum Gasteiger partial charge on any atom is 0.410 e. The van der Waals surface area contributed by atoms with Crippen molar-refractivity contribution in [3.05, 3.63) is 29.3 Å². The number of anilines is 1. The van der Waals surface area contributed by atoms with Crippen LogP contribution in [0.2, 0.25) is 18.1 Å². The van der Waals surface area contributed by atoms with Gasteiger partial charge in [-0.25, -0.2) is 4.79 Å². The number of carbonyl (C=O) groups excluding carboxylic acids is 4. The molecule has 2 heterocycles. The number of hydrogen-bond acceptors (Lipinski definition) is 7. The molecule has 1 aromatic carbocycles. The van der Waals surface area contributed by atoms with Crippen LogP contribution < -0.4 is 15.5 Å². The standard InChI is InChI=1S/C28H44N4O6Si/c1-27(2,3)38-26(36)32-15-13-31(14-16-32)20-9-10-21(19(17-20)18-37-39(7,8)28(4,5)6)24(34)29-22-11-12-23(33)30-25(22)35/h9-10,17,22H,11-16,18H2,1-8H3,(H,29,34)(H,30,33,35). The average Bonchev–Trinajstić information content (AvgIpc) is 2.82. The molecule has 1 atom stereocenters. The van der Waals surface area contributed by atoms with E-state index in [9.17, 15) is 19.2 Å². The van der Waals surface area contributed by atoms with Crippen molar-refractivity contribution in [2.45, 2.75) is 90.8 Å². The first-order valence-corrected chi connectivity index (χ1v) is 16.5. The van der Waals surface area contributed by atoms with Crippen molar-refractivity contribution in [3.63, 3.8) is 0 Å². The van der Waals surface area contributed by atoms with E-state index in [2.05, 4.69) is 49.4 Å². The molecule has 216 valence electrons. The van der Waals surface area contributed by atoms with Gasteiger partial charge in [0.15, 0.2) is 8.32 Å². The third kappa shape index (κ3) is 8.04. The molecule has 2 saturated heterocycles. The van der Waals surface area contributed by atoms with Crippen LogP contribution in [0.25, 0.3) is 0 Å². The van der Waals surface area contributed by atoms with Gasteiger partial charge < -0.3 is 24.3 Å². The number of piperazine rings is 1. The van der Waals surface area contributed by atoms with Crippen molar-refractivity contribution in [1.29, 1.82) is 0 Å². The van der Waals surface area contributed by atoms with Crippen molar-refractivity contribution in [1.82, 2.24) is 15.5 Å². The zero-order chi connectivity index (χ0) is 29.2. The van der Waals surface area contributed by atoms with Gasteiger partial charge in [0.25, 0.3) is 5.91 Å². The normalized spacial score (nSPS) is 19.0. The van der Waals surface area contributed by atoms with E-state index < -0.39 is 25.9 Å². The Labute approximate surface area is 232 Å². The summed E-state index contributed by atoms with van der Waals surface area (Å²) in [4.78, 5) is 53.4. The van der Waals surface area contributed by atoms with Gasteiger partial charge in [-0.3, -0.25) is 19.7 Å². The van der Waals surface area contributed by atoms with Gasteiger partial charge in [0.05, 0.1) is 6.61 Å². The number of hydrogen-bond donors (Lipinski definition) is 2. The van der Waals surface area contributed by atoms with Crippen LogP contribution in [0.1, 0.15) is 70.3 Å². The van der Waals surface area contributed by atoms with Gasteiger partial charge in [0, 0.05) is 43.9 Å². The van der Waals surface area contributed by atoms with Crippen LogP contribution in [0.15, 0.2) is 18.2 Å². The van der Waals surface area contributed by atoms with Crippen LogP contribution in [-0.4, -0.2) is 74.9 Å². The quantitative estimate of drug-likeness (QED) is 0.401. The van der Waals surface area contributed by atoms with Gasteiger partial charge in [0.1, 0.15) is 11.6 Å². The Bertz CT molecular complexity index is 1100. The molecule has 0 radical (unpaired) electrons. The Morgan fingerprint density at radius 1 is 1.05 bits per heavy atom. The molecular formula is C28H44N4O6Si. The molecule has 1 unspecified atom stereocenters. The number of nitrogens with zero attached hydrogens (tertiary/aromatic N) is 2. The third-order valence-corrected chi connectivity index (χ3v) is 12.0. The molecule has 39 heavy (non-hydrogen) atoms. The van der Waals surface area contributed by atoms with Gasteiger partial charge in [-0.15, -0.1) is 0 Å². The second-order valence-corrected chi connectivity index (χ2v) is 17.6. The van der Waals surface area contributed by atoms with Crippen LogP contribution in [0.4, 0.5) is 10.5 Å². The average molecular weight is 561 g/mol. The Morgan fingerprint density at radius 2 is 1.69 bits per heavy atom. The summed E-state index contributed by atoms with van der Waals surface area (Å²) in [6.07, 6.45) is 0.143. The number of piperidine rings is 1. The molecule has 2 aliphatic rings. The highest BCUT2D eigenvalue weighted by Crippen LogP contribution is 2.37. The summed E-state index contributed by atoms with van der Waals surface area (Å²) in [5.74, 6) is -1.19. The molecule has 2 fully saturated rings. The summed E-state index contributed by atoms with van der Waals surface area (Å²) in [6.45, 7) is 19.0. The van der Waals surface area contributed by atoms with E-state index in [1.807, 2.05) is 32.9 Å². The number of carbonyl (C=O) groups is 4. The van der Waals surface area contributed by atoms with E-state index >= 15 is 0 Å². The second-order valence-electron chi connectivity index (χ2n) is 12.8. The van der Waals surface area contributed by atoms with E-state index in [4.69, 9.17) is 9.16 Å². The first-order valence-electron chi connectivity index (χ1n) is 13.6. The fourth-order valence-corrected chi connectivity index (χ4v) is 5.08. The predicted octanol–water partition coefficient (Wildman–Crippen LogP) is 3.80. The topological polar surface area (TPSA) is 117 Å². The van der Waals surface area contributed by atoms with Crippen molar-refractivity contribution >= 4 is 37.8 Å². The molecule has 0 spiro atoms. The van der Waals surface area contributed by atoms with E-state index in [-0.39, 0.29) is 42.4 Å². The molecule has 1 aromatic rings. The molecule has 0 aliphatic carbocycles. The third-order valence-electron chi connectivity index (χ3n) is 7.57. The summed E-state index contributed by atoms with van der Waals surface area (Å²) in [5, 5.41) is 5.07. The number of benzene rings is 1. The monoisotopic (exact) mass is 560 g/mol. The van der Waals surface area contributed by atoms with E-state index in [1.54, 1.807) is 11.0 Å². The minimum Gasteiger partial charge on any atom is -0.444 e. The lowest BCUT2D eigenvalue weighted by Gasteiger charge is -2.37. The smallest absolute Gasteiger partial charge is 0.410 e. The minimum absolute atomic E-state index is 0.00223. The maximum absolute atomic E-state index is 13.3. The summed E-state index contributed by atoms with van der Waals surface area (Å²) in [5.41, 5.74) is 1.56. The summed E-state index contributed by atoms with van der Waals surface area (Å²) in [7, 11) is -2.11. The SMILES string of the molecule is CC(C)(C)OC(=O)N1CCN(c2ccc(C(=O)NC3CCC(=O)NC3=O)c(CO[Si](C)(C)C(C)(C)C)c2)CC1. The van der Waals surface area contributed by atoms with Gasteiger partial charge in [0.2, 0.25) is 11.8 Å². The number of imide groups is 1. The summed E-state index contributed by atoms with van der Waals surface area (Å²) < 4.78 is 12.0. The van der Waals surface area contributed by atoms with E-state index in [0.717, 1.165) is 11.3 Å². The Balaban J connectivity index is 1.79. The number of rotatable bonds is 6. The van der Waals surface area contributed by atoms with Crippen LogP contribution in [0, 0.1) is 0 Å². The Morgan fingerprint density at radius 3 is 2.26 bits per heavy atom. The summed E-state index contributed by atoms with van der Waals surface area (Å²) >= 11 is 0. The summed E-state index contributed by atoms with van der Waals surface area (Å²) in [6, 6.07) is 4.86. The molecule has 2 N–H and O–H groups in total. The van der Waals surface area contributed by atoms with Crippen LogP contribution in [0.5, 0.6) is 0 Å².